The summed E-state index contributed by atoms with van der Waals surface area (Å²) in [5.41, 5.74) is 0. The van der Waals surface area contributed by atoms with Gasteiger partial charge in [-0.2, -0.15) is 0 Å². The van der Waals surface area contributed by atoms with Crippen LogP contribution in [0.4, 0.5) is 5.82 Å². The molecule has 1 rings (SSSR count). The summed E-state index contributed by atoms with van der Waals surface area (Å²) in [4.78, 5) is 4.09. The highest BCUT2D eigenvalue weighted by Gasteiger charge is 2.01. The number of methoxy groups -OCH3 is 1. The van der Waals surface area contributed by atoms with E-state index in [1.54, 1.807) is 13.2 Å². The lowest BCUT2D eigenvalue weighted by Crippen LogP contribution is -2.21. The maximum atomic E-state index is 5.72. The van der Waals surface area contributed by atoms with Gasteiger partial charge in [0, 0.05) is 13.2 Å². The fourth-order valence-electron chi connectivity index (χ4n) is 1.03. The van der Waals surface area contributed by atoms with E-state index in [9.17, 15) is 0 Å². The average Bonchev–Trinajstić information content (AvgIpc) is 2.04. The summed E-state index contributed by atoms with van der Waals surface area (Å²) in [7, 11) is 1.67. The van der Waals surface area contributed by atoms with Crippen molar-refractivity contribution >= 4 is 17.4 Å². The topological polar surface area (TPSA) is 34.1 Å². The first kappa shape index (κ1) is 10.3. The Morgan fingerprint density at radius 2 is 2.38 bits per heavy atom. The predicted octanol–water partition coefficient (Wildman–Crippen LogP) is 2.18. The largest absolute Gasteiger partial charge is 0.383 e. The number of pyridine rings is 1. The molecule has 0 amide bonds. The van der Waals surface area contributed by atoms with Crippen molar-refractivity contribution in [3.8, 4) is 0 Å². The third kappa shape index (κ3) is 3.61. The zero-order valence-corrected chi connectivity index (χ0v) is 8.51. The molecule has 1 aromatic heterocycles. The van der Waals surface area contributed by atoms with Crippen molar-refractivity contribution in [3.63, 3.8) is 0 Å². The lowest BCUT2D eigenvalue weighted by molar-refractivity contribution is 0.190. The van der Waals surface area contributed by atoms with Gasteiger partial charge in [-0.1, -0.05) is 17.7 Å². The van der Waals surface area contributed by atoms with Gasteiger partial charge in [-0.05, 0) is 19.1 Å². The molecular formula is C9H13ClN2O. The molecule has 4 heteroatoms. The molecule has 0 fully saturated rings. The highest BCUT2D eigenvalue weighted by molar-refractivity contribution is 6.29. The third-order valence-corrected chi connectivity index (χ3v) is 1.74. The molecule has 0 aliphatic carbocycles. The Hall–Kier alpha value is -0.800. The maximum Gasteiger partial charge on any atom is 0.131 e. The molecular weight excluding hydrogens is 188 g/mol. The Balaban J connectivity index is 2.53. The summed E-state index contributed by atoms with van der Waals surface area (Å²) in [5.74, 6) is 0.775. The molecule has 3 nitrogen and oxygen atoms in total. The number of aromatic nitrogens is 1. The second kappa shape index (κ2) is 5.04. The van der Waals surface area contributed by atoms with Crippen molar-refractivity contribution in [3.05, 3.63) is 23.4 Å². The summed E-state index contributed by atoms with van der Waals surface area (Å²) < 4.78 is 4.98. The van der Waals surface area contributed by atoms with E-state index in [1.165, 1.54) is 0 Å². The number of nitrogens with one attached hydrogen (secondary N) is 1. The van der Waals surface area contributed by atoms with Crippen LogP contribution in [-0.4, -0.2) is 24.7 Å². The predicted molar refractivity (Wildman–Crippen MR) is 54.2 cm³/mol. The van der Waals surface area contributed by atoms with E-state index < -0.39 is 0 Å². The van der Waals surface area contributed by atoms with Crippen LogP contribution in [0.5, 0.6) is 0 Å². The normalized spacial score (nSPS) is 12.5. The molecule has 0 aliphatic heterocycles. The monoisotopic (exact) mass is 200 g/mol. The van der Waals surface area contributed by atoms with Crippen molar-refractivity contribution < 1.29 is 4.74 Å². The first-order valence-electron chi connectivity index (χ1n) is 4.10. The van der Waals surface area contributed by atoms with Gasteiger partial charge in [0.05, 0.1) is 6.61 Å². The van der Waals surface area contributed by atoms with Gasteiger partial charge in [0.15, 0.2) is 0 Å². The minimum Gasteiger partial charge on any atom is -0.383 e. The van der Waals surface area contributed by atoms with Crippen molar-refractivity contribution in [2.24, 2.45) is 0 Å². The second-order valence-corrected chi connectivity index (χ2v) is 3.23. The first-order valence-corrected chi connectivity index (χ1v) is 4.48. The van der Waals surface area contributed by atoms with Crippen LogP contribution in [-0.2, 0) is 4.74 Å². The van der Waals surface area contributed by atoms with E-state index in [1.807, 2.05) is 19.1 Å². The molecule has 0 saturated heterocycles. The molecule has 0 aromatic carbocycles. The maximum absolute atomic E-state index is 5.72. The summed E-state index contributed by atoms with van der Waals surface area (Å²) in [6.45, 7) is 2.67. The Bertz CT molecular complexity index is 268. The van der Waals surface area contributed by atoms with Gasteiger partial charge in [-0.3, -0.25) is 0 Å². The lowest BCUT2D eigenvalue weighted by atomic mass is 10.3. The molecule has 1 aromatic rings. The molecule has 0 radical (unpaired) electrons. The number of anilines is 1. The van der Waals surface area contributed by atoms with Crippen LogP contribution >= 0.6 is 11.6 Å². The highest BCUT2D eigenvalue weighted by Crippen LogP contribution is 2.09. The number of hydrogen-bond acceptors (Lipinski definition) is 3. The SMILES string of the molecule is COC[C@@H](C)Nc1cccc(Cl)n1. The van der Waals surface area contributed by atoms with Gasteiger partial charge >= 0.3 is 0 Å². The van der Waals surface area contributed by atoms with E-state index in [4.69, 9.17) is 16.3 Å². The second-order valence-electron chi connectivity index (χ2n) is 2.85. The van der Waals surface area contributed by atoms with E-state index in [2.05, 4.69) is 10.3 Å². The summed E-state index contributed by atoms with van der Waals surface area (Å²) >= 11 is 5.72. The Labute approximate surface area is 83.1 Å². The van der Waals surface area contributed by atoms with Gasteiger partial charge in [0.25, 0.3) is 0 Å². The van der Waals surface area contributed by atoms with Crippen molar-refractivity contribution in [1.29, 1.82) is 0 Å². The van der Waals surface area contributed by atoms with Crippen molar-refractivity contribution in [1.82, 2.24) is 4.98 Å². The number of halogens is 1. The molecule has 13 heavy (non-hydrogen) atoms. The van der Waals surface area contributed by atoms with Crippen molar-refractivity contribution in [2.45, 2.75) is 13.0 Å². The number of hydrogen-bond donors (Lipinski definition) is 1. The summed E-state index contributed by atoms with van der Waals surface area (Å²) in [6, 6.07) is 5.71. The fraction of sp³-hybridized carbons (Fsp3) is 0.444. The van der Waals surface area contributed by atoms with Gasteiger partial charge in [-0.25, -0.2) is 4.98 Å². The zero-order valence-electron chi connectivity index (χ0n) is 7.75. The molecule has 1 N–H and O–H groups in total. The molecule has 0 aliphatic rings. The first-order chi connectivity index (χ1) is 6.22. The zero-order chi connectivity index (χ0) is 9.68. The van der Waals surface area contributed by atoms with E-state index >= 15 is 0 Å². The van der Waals surface area contributed by atoms with Crippen LogP contribution in [0.15, 0.2) is 18.2 Å². The Kier molecular flexibility index (Phi) is 3.99. The molecule has 0 unspecified atom stereocenters. The van der Waals surface area contributed by atoms with E-state index in [0.29, 0.717) is 11.8 Å². The fourth-order valence-corrected chi connectivity index (χ4v) is 1.20. The van der Waals surface area contributed by atoms with Gasteiger partial charge in [0.1, 0.15) is 11.0 Å². The molecule has 0 bridgehead atoms. The van der Waals surface area contributed by atoms with Crippen LogP contribution in [0.2, 0.25) is 5.15 Å². The molecule has 1 atom stereocenters. The standard InChI is InChI=1S/C9H13ClN2O/c1-7(6-13-2)11-9-5-3-4-8(10)12-9/h3-5,7H,6H2,1-2H3,(H,11,12)/t7-/m1/s1. The van der Waals surface area contributed by atoms with Crippen molar-refractivity contribution in [2.75, 3.05) is 19.0 Å². The molecule has 0 spiro atoms. The number of ether oxygens (including phenoxy) is 1. The summed E-state index contributed by atoms with van der Waals surface area (Å²) in [5, 5.41) is 3.66. The van der Waals surface area contributed by atoms with Gasteiger partial charge in [-0.15, -0.1) is 0 Å². The average molecular weight is 201 g/mol. The quantitative estimate of drug-likeness (QED) is 0.757. The molecule has 1 heterocycles. The van der Waals surface area contributed by atoms with Crippen LogP contribution in [0.25, 0.3) is 0 Å². The number of nitrogens with zero attached hydrogens (tertiary/aromatic N) is 1. The number of rotatable bonds is 4. The van der Waals surface area contributed by atoms with E-state index in [-0.39, 0.29) is 6.04 Å². The smallest absolute Gasteiger partial charge is 0.131 e. The summed E-state index contributed by atoms with van der Waals surface area (Å²) in [6.07, 6.45) is 0. The van der Waals surface area contributed by atoms with E-state index in [0.717, 1.165) is 5.82 Å². The lowest BCUT2D eigenvalue weighted by Gasteiger charge is -2.12. The molecule has 72 valence electrons. The molecule has 0 saturated carbocycles. The Morgan fingerprint density at radius 3 is 3.00 bits per heavy atom. The van der Waals surface area contributed by atoms with Crippen LogP contribution in [0, 0.1) is 0 Å². The highest BCUT2D eigenvalue weighted by atomic mass is 35.5. The van der Waals surface area contributed by atoms with Crippen LogP contribution < -0.4 is 5.32 Å². The van der Waals surface area contributed by atoms with Gasteiger partial charge in [0.2, 0.25) is 0 Å². The minimum atomic E-state index is 0.232. The minimum absolute atomic E-state index is 0.232. The van der Waals surface area contributed by atoms with Crippen LogP contribution in [0.3, 0.4) is 0 Å². The van der Waals surface area contributed by atoms with Crippen LogP contribution in [0.1, 0.15) is 6.92 Å². The Morgan fingerprint density at radius 1 is 1.62 bits per heavy atom. The van der Waals surface area contributed by atoms with Gasteiger partial charge < -0.3 is 10.1 Å². The third-order valence-electron chi connectivity index (χ3n) is 1.53.